The van der Waals surface area contributed by atoms with Crippen LogP contribution in [0, 0.1) is 5.92 Å². The second-order valence-corrected chi connectivity index (χ2v) is 5.15. The first-order valence-corrected chi connectivity index (χ1v) is 6.06. The zero-order chi connectivity index (χ0) is 12.5. The highest BCUT2D eigenvalue weighted by atomic mass is 16.1. The molecule has 0 spiro atoms. The molecule has 1 aromatic heterocycles. The van der Waals surface area contributed by atoms with Crippen LogP contribution in [0.2, 0.25) is 0 Å². The molecule has 4 nitrogen and oxygen atoms in total. The minimum Gasteiger partial charge on any atom is -0.398 e. The van der Waals surface area contributed by atoms with Crippen LogP contribution in [0.3, 0.4) is 0 Å². The number of hydrogen-bond acceptors (Lipinski definition) is 4. The molecule has 0 aromatic carbocycles. The summed E-state index contributed by atoms with van der Waals surface area (Å²) < 4.78 is 0. The van der Waals surface area contributed by atoms with Gasteiger partial charge in [-0.15, -0.1) is 0 Å². The van der Waals surface area contributed by atoms with Crippen LogP contribution < -0.4 is 11.5 Å². The van der Waals surface area contributed by atoms with Crippen molar-refractivity contribution in [3.8, 4) is 0 Å². The molecule has 0 aliphatic heterocycles. The van der Waals surface area contributed by atoms with Crippen molar-refractivity contribution in [2.75, 3.05) is 5.73 Å². The Kier molecular flexibility index (Phi) is 3.15. The first-order chi connectivity index (χ1) is 8.03. The summed E-state index contributed by atoms with van der Waals surface area (Å²) in [5.41, 5.74) is 12.2. The Morgan fingerprint density at radius 3 is 3.00 bits per heavy atom. The smallest absolute Gasteiger partial charge is 0.186 e. The number of ketones is 1. The first kappa shape index (κ1) is 12.0. The average Bonchev–Trinajstić information content (AvgIpc) is 2.28. The van der Waals surface area contributed by atoms with E-state index in [-0.39, 0.29) is 5.78 Å². The van der Waals surface area contributed by atoms with Gasteiger partial charge in [-0.05, 0) is 24.8 Å². The molecule has 1 heterocycles. The third-order valence-corrected chi connectivity index (χ3v) is 3.58. The Labute approximate surface area is 101 Å². The van der Waals surface area contributed by atoms with Crippen LogP contribution in [0.1, 0.15) is 43.0 Å². The molecule has 92 valence electrons. The summed E-state index contributed by atoms with van der Waals surface area (Å²) in [7, 11) is 0. The van der Waals surface area contributed by atoms with E-state index in [4.69, 9.17) is 11.5 Å². The van der Waals surface area contributed by atoms with E-state index in [1.165, 1.54) is 6.20 Å². The van der Waals surface area contributed by atoms with E-state index < -0.39 is 5.54 Å². The predicted molar refractivity (Wildman–Crippen MR) is 67.5 cm³/mol. The standard InChI is InChI=1S/C13H19N3O/c1-9-3-2-5-13(15,7-9)12(17)10-8-16-6-4-11(10)14/h4,6,8-9H,2-3,5,7,15H2,1H3,(H2,14,16). The first-order valence-electron chi connectivity index (χ1n) is 6.06. The van der Waals surface area contributed by atoms with Gasteiger partial charge in [0.2, 0.25) is 0 Å². The molecular weight excluding hydrogens is 214 g/mol. The van der Waals surface area contributed by atoms with Crippen molar-refractivity contribution in [2.45, 2.75) is 38.1 Å². The van der Waals surface area contributed by atoms with E-state index in [1.54, 1.807) is 12.3 Å². The molecule has 0 bridgehead atoms. The lowest BCUT2D eigenvalue weighted by molar-refractivity contribution is 0.0820. The van der Waals surface area contributed by atoms with E-state index in [1.807, 2.05) is 0 Å². The number of rotatable bonds is 2. The zero-order valence-electron chi connectivity index (χ0n) is 10.1. The van der Waals surface area contributed by atoms with Crippen molar-refractivity contribution < 1.29 is 4.79 Å². The molecule has 2 unspecified atom stereocenters. The average molecular weight is 233 g/mol. The number of pyridine rings is 1. The Balaban J connectivity index is 2.28. The molecule has 1 aliphatic rings. The monoisotopic (exact) mass is 233 g/mol. The van der Waals surface area contributed by atoms with Gasteiger partial charge in [-0.25, -0.2) is 0 Å². The summed E-state index contributed by atoms with van der Waals surface area (Å²) in [5.74, 6) is 0.435. The number of nitrogen functional groups attached to an aromatic ring is 1. The van der Waals surface area contributed by atoms with Gasteiger partial charge in [-0.3, -0.25) is 9.78 Å². The minimum atomic E-state index is -0.755. The fourth-order valence-corrected chi connectivity index (χ4v) is 2.66. The summed E-state index contributed by atoms with van der Waals surface area (Å²) in [6.07, 6.45) is 6.73. The van der Waals surface area contributed by atoms with Gasteiger partial charge in [0.1, 0.15) is 0 Å². The molecule has 1 aliphatic carbocycles. The number of nitrogens with zero attached hydrogens (tertiary/aromatic N) is 1. The number of hydrogen-bond donors (Lipinski definition) is 2. The fourth-order valence-electron chi connectivity index (χ4n) is 2.66. The SMILES string of the molecule is CC1CCCC(N)(C(=O)c2cnccc2N)C1. The van der Waals surface area contributed by atoms with Crippen molar-refractivity contribution in [1.29, 1.82) is 0 Å². The molecule has 4 heteroatoms. The van der Waals surface area contributed by atoms with Crippen molar-refractivity contribution in [2.24, 2.45) is 11.7 Å². The number of anilines is 1. The number of carbonyl (C=O) groups excluding carboxylic acids is 1. The Morgan fingerprint density at radius 1 is 1.59 bits per heavy atom. The third-order valence-electron chi connectivity index (χ3n) is 3.58. The molecule has 1 fully saturated rings. The molecule has 0 radical (unpaired) electrons. The second-order valence-electron chi connectivity index (χ2n) is 5.15. The van der Waals surface area contributed by atoms with Crippen LogP contribution >= 0.6 is 0 Å². The topological polar surface area (TPSA) is 82.0 Å². The molecule has 1 aromatic rings. The molecule has 4 N–H and O–H groups in total. The maximum Gasteiger partial charge on any atom is 0.186 e. The van der Waals surface area contributed by atoms with E-state index in [9.17, 15) is 4.79 Å². The summed E-state index contributed by atoms with van der Waals surface area (Å²) in [5, 5.41) is 0. The third kappa shape index (κ3) is 2.31. The molecule has 2 atom stereocenters. The Morgan fingerprint density at radius 2 is 2.35 bits per heavy atom. The molecular formula is C13H19N3O. The van der Waals surface area contributed by atoms with Crippen LogP contribution in [0.5, 0.6) is 0 Å². The van der Waals surface area contributed by atoms with E-state index in [0.717, 1.165) is 25.7 Å². The van der Waals surface area contributed by atoms with E-state index >= 15 is 0 Å². The van der Waals surface area contributed by atoms with Crippen LogP contribution in [-0.4, -0.2) is 16.3 Å². The normalized spacial score (nSPS) is 28.9. The lowest BCUT2D eigenvalue weighted by Crippen LogP contribution is -2.51. The molecule has 2 rings (SSSR count). The summed E-state index contributed by atoms with van der Waals surface area (Å²) >= 11 is 0. The Hall–Kier alpha value is -1.42. The number of Topliss-reactive ketones (excluding diaryl/α,β-unsaturated/α-hetero) is 1. The fraction of sp³-hybridized carbons (Fsp3) is 0.538. The van der Waals surface area contributed by atoms with Crippen LogP contribution in [0.25, 0.3) is 0 Å². The van der Waals surface area contributed by atoms with Gasteiger partial charge in [0.25, 0.3) is 0 Å². The predicted octanol–water partition coefficient (Wildman–Crippen LogP) is 1.75. The van der Waals surface area contributed by atoms with Crippen LogP contribution in [0.15, 0.2) is 18.5 Å². The maximum atomic E-state index is 12.4. The van der Waals surface area contributed by atoms with Crippen LogP contribution in [0.4, 0.5) is 5.69 Å². The van der Waals surface area contributed by atoms with Gasteiger partial charge in [0.05, 0.1) is 11.1 Å². The lowest BCUT2D eigenvalue weighted by atomic mass is 9.73. The van der Waals surface area contributed by atoms with Gasteiger partial charge in [0.15, 0.2) is 5.78 Å². The summed E-state index contributed by atoms with van der Waals surface area (Å²) in [6.45, 7) is 2.14. The van der Waals surface area contributed by atoms with Gasteiger partial charge >= 0.3 is 0 Å². The number of aromatic nitrogens is 1. The number of carbonyl (C=O) groups is 1. The van der Waals surface area contributed by atoms with E-state index in [2.05, 4.69) is 11.9 Å². The molecule has 17 heavy (non-hydrogen) atoms. The second kappa shape index (κ2) is 4.45. The van der Waals surface area contributed by atoms with Crippen molar-refractivity contribution in [1.82, 2.24) is 4.98 Å². The van der Waals surface area contributed by atoms with Gasteiger partial charge in [0, 0.05) is 18.1 Å². The van der Waals surface area contributed by atoms with E-state index in [0.29, 0.717) is 17.2 Å². The minimum absolute atomic E-state index is 0.0605. The van der Waals surface area contributed by atoms with Crippen molar-refractivity contribution >= 4 is 11.5 Å². The van der Waals surface area contributed by atoms with Crippen LogP contribution in [-0.2, 0) is 0 Å². The van der Waals surface area contributed by atoms with Crippen molar-refractivity contribution in [3.63, 3.8) is 0 Å². The maximum absolute atomic E-state index is 12.4. The largest absolute Gasteiger partial charge is 0.398 e. The lowest BCUT2D eigenvalue weighted by Gasteiger charge is -2.35. The summed E-state index contributed by atoms with van der Waals surface area (Å²) in [6, 6.07) is 1.64. The van der Waals surface area contributed by atoms with Gasteiger partial charge < -0.3 is 11.5 Å². The van der Waals surface area contributed by atoms with Gasteiger partial charge in [-0.1, -0.05) is 19.8 Å². The highest BCUT2D eigenvalue weighted by molar-refractivity contribution is 6.06. The Bertz CT molecular complexity index is 432. The molecule has 1 saturated carbocycles. The highest BCUT2D eigenvalue weighted by Crippen LogP contribution is 2.33. The number of nitrogens with two attached hydrogens (primary N) is 2. The summed E-state index contributed by atoms with van der Waals surface area (Å²) in [4.78, 5) is 16.4. The highest BCUT2D eigenvalue weighted by Gasteiger charge is 2.39. The zero-order valence-corrected chi connectivity index (χ0v) is 10.1. The molecule has 0 amide bonds. The van der Waals surface area contributed by atoms with Crippen molar-refractivity contribution in [3.05, 3.63) is 24.0 Å². The van der Waals surface area contributed by atoms with Gasteiger partial charge in [-0.2, -0.15) is 0 Å². The molecule has 0 saturated heterocycles. The quantitative estimate of drug-likeness (QED) is 0.762.